The Kier molecular flexibility index (Phi) is 7.03. The van der Waals surface area contributed by atoms with E-state index in [1.165, 1.54) is 6.08 Å². The van der Waals surface area contributed by atoms with Crippen molar-refractivity contribution >= 4 is 11.9 Å². The topological polar surface area (TPSA) is 44.8 Å². The van der Waals surface area contributed by atoms with Gasteiger partial charge in [0.15, 0.2) is 5.78 Å². The minimum atomic E-state index is -0.0943. The molecule has 0 radical (unpaired) electrons. The zero-order valence-electron chi connectivity index (χ0n) is 15.5. The molecule has 0 aliphatic carbocycles. The van der Waals surface area contributed by atoms with Crippen LogP contribution in [-0.2, 0) is 0 Å². The second kappa shape index (κ2) is 9.47. The van der Waals surface area contributed by atoms with E-state index in [2.05, 4.69) is 6.58 Å². The summed E-state index contributed by atoms with van der Waals surface area (Å²) in [4.78, 5) is 12.4. The highest BCUT2D eigenvalue weighted by Gasteiger charge is 2.06. The molecule has 0 amide bonds. The molecule has 2 aromatic rings. The third kappa shape index (κ3) is 5.52. The normalized spacial score (nSPS) is 10.6. The first kappa shape index (κ1) is 19.3. The number of ketones is 1. The molecular weight excluding hydrogens is 328 g/mol. The lowest BCUT2D eigenvalue weighted by Gasteiger charge is -2.10. The van der Waals surface area contributed by atoms with Crippen LogP contribution >= 0.6 is 0 Å². The second-order valence-electron chi connectivity index (χ2n) is 5.59. The maximum Gasteiger partial charge on any atom is 0.185 e. The third-order valence-electron chi connectivity index (χ3n) is 3.44. The fraction of sp³-hybridized carbons (Fsp3) is 0.227. The Bertz CT molecular complexity index is 788. The lowest BCUT2D eigenvalue weighted by Crippen LogP contribution is -1.98. The lowest BCUT2D eigenvalue weighted by molar-refractivity contribution is 0.104. The van der Waals surface area contributed by atoms with Gasteiger partial charge in [0.25, 0.3) is 0 Å². The number of ether oxygens (including phenoxy) is 3. The van der Waals surface area contributed by atoms with Gasteiger partial charge in [0.05, 0.1) is 19.0 Å². The molecule has 26 heavy (non-hydrogen) atoms. The highest BCUT2D eigenvalue weighted by Crippen LogP contribution is 2.26. The average molecular weight is 352 g/mol. The van der Waals surface area contributed by atoms with Crippen LogP contribution in [0.25, 0.3) is 6.08 Å². The Hall–Kier alpha value is -3.01. The van der Waals surface area contributed by atoms with E-state index in [9.17, 15) is 4.79 Å². The molecular formula is C22H24O4. The van der Waals surface area contributed by atoms with Gasteiger partial charge in [-0.3, -0.25) is 4.79 Å². The van der Waals surface area contributed by atoms with Crippen molar-refractivity contribution in [3.05, 3.63) is 72.0 Å². The Morgan fingerprint density at radius 1 is 1.00 bits per heavy atom. The number of carbonyl (C=O) groups is 1. The number of allylic oxidation sites excluding steroid dienone is 2. The number of rotatable bonds is 9. The van der Waals surface area contributed by atoms with Gasteiger partial charge < -0.3 is 14.2 Å². The molecule has 0 atom stereocenters. The standard InChI is InChI=1S/C22H24O4/c1-5-24-20-13-9-18(22(15-20)25-6-2)10-14-21(23)17-7-11-19(12-8-17)26-16(3)4/h7-15H,3,5-6H2,1-2,4H3. The van der Waals surface area contributed by atoms with Crippen LogP contribution in [0.1, 0.15) is 36.7 Å². The number of carbonyl (C=O) groups excluding carboxylic acids is 1. The first-order chi connectivity index (χ1) is 12.5. The predicted molar refractivity (Wildman–Crippen MR) is 104 cm³/mol. The molecule has 0 aliphatic rings. The SMILES string of the molecule is C=C(C)Oc1ccc(C(=O)C=Cc2ccc(OCC)cc2OCC)cc1. The highest BCUT2D eigenvalue weighted by molar-refractivity contribution is 6.07. The van der Waals surface area contributed by atoms with Crippen LogP contribution in [0.3, 0.4) is 0 Å². The van der Waals surface area contributed by atoms with Crippen molar-refractivity contribution in [2.24, 2.45) is 0 Å². The number of benzene rings is 2. The minimum Gasteiger partial charge on any atom is -0.494 e. The summed E-state index contributed by atoms with van der Waals surface area (Å²) in [7, 11) is 0. The van der Waals surface area contributed by atoms with Crippen LogP contribution in [0.5, 0.6) is 17.2 Å². The van der Waals surface area contributed by atoms with Crippen LogP contribution in [-0.4, -0.2) is 19.0 Å². The zero-order chi connectivity index (χ0) is 18.9. The van der Waals surface area contributed by atoms with Crippen molar-refractivity contribution in [2.75, 3.05) is 13.2 Å². The van der Waals surface area contributed by atoms with E-state index < -0.39 is 0 Å². The second-order valence-corrected chi connectivity index (χ2v) is 5.59. The van der Waals surface area contributed by atoms with Crippen molar-refractivity contribution in [1.82, 2.24) is 0 Å². The number of hydrogen-bond donors (Lipinski definition) is 0. The fourth-order valence-corrected chi connectivity index (χ4v) is 2.34. The van der Waals surface area contributed by atoms with Crippen LogP contribution in [0.4, 0.5) is 0 Å². The fourth-order valence-electron chi connectivity index (χ4n) is 2.34. The van der Waals surface area contributed by atoms with E-state index in [-0.39, 0.29) is 5.78 Å². The summed E-state index contributed by atoms with van der Waals surface area (Å²) in [5.74, 6) is 2.59. The van der Waals surface area contributed by atoms with E-state index in [4.69, 9.17) is 14.2 Å². The number of hydrogen-bond acceptors (Lipinski definition) is 4. The molecule has 0 spiro atoms. The van der Waals surface area contributed by atoms with Crippen LogP contribution < -0.4 is 14.2 Å². The summed E-state index contributed by atoms with van der Waals surface area (Å²) in [5.41, 5.74) is 1.41. The van der Waals surface area contributed by atoms with Gasteiger partial charge in [-0.05, 0) is 69.3 Å². The summed E-state index contributed by atoms with van der Waals surface area (Å²) in [5, 5.41) is 0. The Balaban J connectivity index is 2.15. The summed E-state index contributed by atoms with van der Waals surface area (Å²) in [6.07, 6.45) is 3.29. The molecule has 0 heterocycles. The van der Waals surface area contributed by atoms with Crippen molar-refractivity contribution in [3.63, 3.8) is 0 Å². The van der Waals surface area contributed by atoms with Crippen molar-refractivity contribution in [3.8, 4) is 17.2 Å². The van der Waals surface area contributed by atoms with Gasteiger partial charge in [0, 0.05) is 17.2 Å². The van der Waals surface area contributed by atoms with Gasteiger partial charge >= 0.3 is 0 Å². The molecule has 136 valence electrons. The molecule has 4 heteroatoms. The first-order valence-corrected chi connectivity index (χ1v) is 8.59. The van der Waals surface area contributed by atoms with E-state index in [1.807, 2.05) is 32.0 Å². The van der Waals surface area contributed by atoms with Gasteiger partial charge in [-0.1, -0.05) is 6.58 Å². The molecule has 0 bridgehead atoms. The first-order valence-electron chi connectivity index (χ1n) is 8.59. The molecule has 0 unspecified atom stereocenters. The maximum atomic E-state index is 12.4. The van der Waals surface area contributed by atoms with Crippen molar-refractivity contribution in [2.45, 2.75) is 20.8 Å². The van der Waals surface area contributed by atoms with E-state index in [0.29, 0.717) is 36.0 Å². The molecule has 0 N–H and O–H groups in total. The summed E-state index contributed by atoms with van der Waals surface area (Å²) >= 11 is 0. The lowest BCUT2D eigenvalue weighted by atomic mass is 10.1. The molecule has 2 rings (SSSR count). The third-order valence-corrected chi connectivity index (χ3v) is 3.44. The monoisotopic (exact) mass is 352 g/mol. The summed E-state index contributed by atoms with van der Waals surface area (Å²) in [6.45, 7) is 10.4. The van der Waals surface area contributed by atoms with Crippen LogP contribution in [0.2, 0.25) is 0 Å². The van der Waals surface area contributed by atoms with Crippen LogP contribution in [0.15, 0.2) is 60.9 Å². The Labute approximate surface area is 154 Å². The smallest absolute Gasteiger partial charge is 0.185 e. The highest BCUT2D eigenvalue weighted by atomic mass is 16.5. The molecule has 4 nitrogen and oxygen atoms in total. The van der Waals surface area contributed by atoms with E-state index in [1.54, 1.807) is 37.3 Å². The van der Waals surface area contributed by atoms with E-state index in [0.717, 1.165) is 11.3 Å². The summed E-state index contributed by atoms with van der Waals surface area (Å²) in [6, 6.07) is 12.5. The zero-order valence-corrected chi connectivity index (χ0v) is 15.5. The maximum absolute atomic E-state index is 12.4. The van der Waals surface area contributed by atoms with Gasteiger partial charge in [0.2, 0.25) is 0 Å². The minimum absolute atomic E-state index is 0.0943. The van der Waals surface area contributed by atoms with Gasteiger partial charge in [-0.25, -0.2) is 0 Å². The van der Waals surface area contributed by atoms with Gasteiger partial charge in [-0.15, -0.1) is 0 Å². The Morgan fingerprint density at radius 2 is 1.65 bits per heavy atom. The summed E-state index contributed by atoms with van der Waals surface area (Å²) < 4.78 is 16.5. The average Bonchev–Trinajstić information content (AvgIpc) is 2.61. The Morgan fingerprint density at radius 3 is 2.27 bits per heavy atom. The molecule has 0 aromatic heterocycles. The van der Waals surface area contributed by atoms with Gasteiger partial charge in [-0.2, -0.15) is 0 Å². The van der Waals surface area contributed by atoms with Crippen molar-refractivity contribution in [1.29, 1.82) is 0 Å². The predicted octanol–water partition coefficient (Wildman–Crippen LogP) is 5.29. The molecule has 2 aromatic carbocycles. The largest absolute Gasteiger partial charge is 0.494 e. The quantitative estimate of drug-likeness (QED) is 0.349. The van der Waals surface area contributed by atoms with E-state index >= 15 is 0 Å². The molecule has 0 fully saturated rings. The molecule has 0 saturated carbocycles. The van der Waals surface area contributed by atoms with Crippen molar-refractivity contribution < 1.29 is 19.0 Å². The van der Waals surface area contributed by atoms with Gasteiger partial charge in [0.1, 0.15) is 17.2 Å². The molecule has 0 saturated heterocycles. The van der Waals surface area contributed by atoms with Crippen LogP contribution in [0, 0.1) is 0 Å². The molecule has 0 aliphatic heterocycles.